The Hall–Kier alpha value is -7.69. The second-order valence-corrected chi connectivity index (χ2v) is 23.3. The number of esters is 1. The van der Waals surface area contributed by atoms with Crippen LogP contribution in [0.5, 0.6) is 11.5 Å². The Balaban J connectivity index is 1.00. The summed E-state index contributed by atoms with van der Waals surface area (Å²) in [5, 5.41) is 50.5. The number of piperidine rings is 1. The highest BCUT2D eigenvalue weighted by atomic mass is 19.1. The lowest BCUT2D eigenvalue weighted by molar-refractivity contribution is -0.160. The molecule has 10 rings (SSSR count). The fourth-order valence-electron chi connectivity index (χ4n) is 12.6. The number of aromatic carboxylic acids is 1. The van der Waals surface area contributed by atoms with E-state index in [1.54, 1.807) is 50.5 Å². The Bertz CT molecular complexity index is 3420. The summed E-state index contributed by atoms with van der Waals surface area (Å²) in [4.78, 5) is 114. The first-order valence-corrected chi connectivity index (χ1v) is 28.2. The maximum absolute atomic E-state index is 16.1. The summed E-state index contributed by atoms with van der Waals surface area (Å²) >= 11 is 0. The maximum Gasteiger partial charge on any atom is 0.341 e. The Kier molecular flexibility index (Phi) is 16.7. The summed E-state index contributed by atoms with van der Waals surface area (Å²) in [5.41, 5.74) is -1.53. The van der Waals surface area contributed by atoms with Crippen LogP contribution in [0.1, 0.15) is 145 Å². The number of aromatic hydroxyl groups is 1. The molecule has 1 saturated carbocycles. The van der Waals surface area contributed by atoms with Gasteiger partial charge in [-0.05, 0) is 82.1 Å². The number of rotatable bonds is 8. The van der Waals surface area contributed by atoms with Gasteiger partial charge in [0.1, 0.15) is 34.6 Å². The van der Waals surface area contributed by atoms with E-state index in [0.29, 0.717) is 29.6 Å². The lowest BCUT2D eigenvalue weighted by Crippen LogP contribution is -2.49. The molecule has 0 radical (unpaired) electrons. The van der Waals surface area contributed by atoms with Crippen molar-refractivity contribution in [1.29, 1.82) is 0 Å². The number of aryl methyl sites for hydroxylation is 1. The molecular formula is C61H72FN5O16. The number of aromatic nitrogens is 1. The molecule has 3 fully saturated rings. The van der Waals surface area contributed by atoms with Gasteiger partial charge in [-0.3, -0.25) is 38.0 Å². The molecule has 83 heavy (non-hydrogen) atoms. The topological polar surface area (TPSA) is 289 Å². The van der Waals surface area contributed by atoms with Crippen molar-refractivity contribution in [2.24, 2.45) is 29.6 Å². The van der Waals surface area contributed by atoms with Crippen molar-refractivity contribution in [2.75, 3.05) is 38.2 Å². The van der Waals surface area contributed by atoms with Crippen LogP contribution in [0.4, 0.5) is 10.1 Å². The number of benzene rings is 1. The van der Waals surface area contributed by atoms with E-state index in [4.69, 9.17) is 18.9 Å². The molecule has 2 amide bonds. The molecule has 6 N–H and O–H groups in total. The van der Waals surface area contributed by atoms with Crippen LogP contribution in [0.3, 0.4) is 0 Å². The zero-order valence-electron chi connectivity index (χ0n) is 48.2. The number of hydrogen-bond acceptors (Lipinski definition) is 17. The highest BCUT2D eigenvalue weighted by Crippen LogP contribution is 2.50. The van der Waals surface area contributed by atoms with Gasteiger partial charge in [0.05, 0.1) is 64.6 Å². The number of ether oxygens (including phenoxy) is 4. The number of phenolic OH excluding ortho intramolecular Hbond substituents is 1. The first-order chi connectivity index (χ1) is 39.2. The van der Waals surface area contributed by atoms with Gasteiger partial charge in [0.15, 0.2) is 5.82 Å². The fourth-order valence-corrected chi connectivity index (χ4v) is 12.6. The van der Waals surface area contributed by atoms with E-state index in [1.807, 2.05) is 0 Å². The van der Waals surface area contributed by atoms with Gasteiger partial charge in [-0.2, -0.15) is 0 Å². The molecule has 1 unspecified atom stereocenters. The van der Waals surface area contributed by atoms with Crippen molar-refractivity contribution in [1.82, 2.24) is 19.9 Å². The number of nitrogens with one attached hydrogen (secondary N) is 2. The van der Waals surface area contributed by atoms with Gasteiger partial charge >= 0.3 is 17.7 Å². The van der Waals surface area contributed by atoms with Crippen molar-refractivity contribution in [3.05, 3.63) is 115 Å². The predicted octanol–water partition coefficient (Wildman–Crippen LogP) is 5.70. The van der Waals surface area contributed by atoms with Gasteiger partial charge in [0, 0.05) is 88.0 Å². The van der Waals surface area contributed by atoms with Crippen molar-refractivity contribution >= 4 is 52.3 Å². The van der Waals surface area contributed by atoms with E-state index in [1.165, 1.54) is 59.1 Å². The Morgan fingerprint density at radius 1 is 0.855 bits per heavy atom. The highest BCUT2D eigenvalue weighted by Gasteiger charge is 2.53. The Labute approximate surface area is 478 Å². The minimum Gasteiger partial charge on any atom is -0.507 e. The van der Waals surface area contributed by atoms with Crippen molar-refractivity contribution < 1.29 is 77.3 Å². The average Bonchev–Trinajstić information content (AvgIpc) is 1.95. The number of amides is 2. The van der Waals surface area contributed by atoms with Crippen LogP contribution in [0, 0.1) is 49.3 Å². The second-order valence-electron chi connectivity index (χ2n) is 23.3. The number of carbonyl (C=O) groups is 7. The van der Waals surface area contributed by atoms with E-state index in [9.17, 15) is 49.2 Å². The third-order valence-corrected chi connectivity index (χ3v) is 17.7. The third-order valence-electron chi connectivity index (χ3n) is 17.7. The molecule has 5 bridgehead atoms. The van der Waals surface area contributed by atoms with Gasteiger partial charge in [0.25, 0.3) is 17.2 Å². The Morgan fingerprint density at radius 2 is 1.53 bits per heavy atom. The van der Waals surface area contributed by atoms with E-state index >= 15 is 14.0 Å². The molecule has 7 aliphatic rings. The van der Waals surface area contributed by atoms with E-state index in [2.05, 4.69) is 10.6 Å². The number of ketones is 3. The van der Waals surface area contributed by atoms with E-state index < -0.39 is 141 Å². The van der Waals surface area contributed by atoms with Gasteiger partial charge in [-0.1, -0.05) is 45.9 Å². The molecule has 21 nitrogen and oxygen atoms in total. The number of carboxylic acids is 1. The maximum atomic E-state index is 16.1. The third kappa shape index (κ3) is 11.0. The van der Waals surface area contributed by atoms with Gasteiger partial charge in [0.2, 0.25) is 17.5 Å². The van der Waals surface area contributed by atoms with Crippen molar-refractivity contribution in [3.8, 4) is 11.5 Å². The smallest absolute Gasteiger partial charge is 0.341 e. The largest absolute Gasteiger partial charge is 0.507 e. The summed E-state index contributed by atoms with van der Waals surface area (Å²) < 4.78 is 40.9. The molecule has 1 aromatic carbocycles. The van der Waals surface area contributed by atoms with Crippen molar-refractivity contribution in [3.63, 3.8) is 0 Å². The summed E-state index contributed by atoms with van der Waals surface area (Å²) in [6.45, 7) is 14.5. The second kappa shape index (κ2) is 23.2. The monoisotopic (exact) mass is 1150 g/mol. The number of aliphatic hydroxyl groups excluding tert-OH is 2. The van der Waals surface area contributed by atoms with Crippen LogP contribution >= 0.6 is 0 Å². The van der Waals surface area contributed by atoms with Crippen molar-refractivity contribution in [2.45, 2.75) is 137 Å². The summed E-state index contributed by atoms with van der Waals surface area (Å²) in [6.07, 6.45) is 6.54. The number of hydrogen-bond donors (Lipinski definition) is 6. The van der Waals surface area contributed by atoms with Gasteiger partial charge in [-0.15, -0.1) is 0 Å². The number of pyridine rings is 2. The number of carbonyl (C=O) groups excluding carboxylic acids is 6. The summed E-state index contributed by atoms with van der Waals surface area (Å²) in [5.74, 6) is -12.9. The minimum atomic E-state index is -2.18. The normalized spacial score (nSPS) is 29.7. The van der Waals surface area contributed by atoms with Crippen LogP contribution < -0.4 is 25.8 Å². The zero-order chi connectivity index (χ0) is 60.4. The molecule has 7 heterocycles. The molecule has 10 atom stereocenters. The number of likely N-dealkylation sites (tertiary alicyclic amines) is 1. The van der Waals surface area contributed by atoms with Crippen LogP contribution in [0.2, 0.25) is 0 Å². The molecule has 22 heteroatoms. The van der Waals surface area contributed by atoms with Crippen LogP contribution in [-0.4, -0.2) is 140 Å². The van der Waals surface area contributed by atoms with Gasteiger partial charge < -0.3 is 59.8 Å². The first kappa shape index (κ1) is 59.9. The number of halogens is 1. The lowest BCUT2D eigenvalue weighted by Gasteiger charge is -2.38. The quantitative estimate of drug-likeness (QED) is 0.147. The molecule has 2 aliphatic carbocycles. The number of fused-ring (bicyclic) bond motifs is 15. The predicted molar refractivity (Wildman–Crippen MR) is 299 cm³/mol. The molecular weight excluding hydrogens is 1080 g/mol. The summed E-state index contributed by atoms with van der Waals surface area (Å²) in [7, 11) is 1.40. The number of anilines is 1. The zero-order valence-corrected chi connectivity index (χ0v) is 48.2. The first-order valence-electron chi connectivity index (χ1n) is 28.2. The number of nitrogens with zero attached hydrogens (tertiary/aromatic N) is 3. The SMILES string of the molecule is CO[C@H]1/C=C/O[C@@]2(C)Oc3c(C)c(O)c4c(c3C2=O)C(=O)C(N2CCC(NC(=O)C3CCN(c5c(F)cn6c(=O)c(C(=O)O)cc(C7CC7)c6c5C)C3)CC2)=C(NC(=O)/C(C)=C\C=C\[C@H](C)[C@H](O)[C@@H](C)[C@@H](O)[C@@H](C)[C@H](OC(C)=O)[C@@H]1C)C4=O. The molecule has 444 valence electrons. The number of phenols is 1. The van der Waals surface area contributed by atoms with Crippen LogP contribution in [0.25, 0.3) is 5.52 Å². The lowest BCUT2D eigenvalue weighted by atomic mass is 9.78. The molecule has 2 aromatic heterocycles. The van der Waals surface area contributed by atoms with Gasteiger partial charge in [-0.25, -0.2) is 9.18 Å². The van der Waals surface area contributed by atoms with Crippen LogP contribution in [-0.2, 0) is 28.6 Å². The average molecular weight is 1150 g/mol. The molecule has 5 aliphatic heterocycles. The standard InChI is InChI=1S/C61H72FN5O16/c1-27-12-11-13-28(2)57(75)64-45-48(65-21-17-37(18-22-65)63-58(76)36-16-20-66(25-36)47-30(4)46-38(35-14-15-35)24-39(60(78)79)59(77)67(46)26-40(47)62)53(73)42-43(52(45)72)51(71)33(7)55-44(42)56(74)61(9,83-55)81-23-19-41(80-10)29(3)54(82-34(8)68)32(6)50(70)31(5)49(27)69/h11-13,19,23-24,26-27,29,31-32,35-37,41,49-50,54,69-71H,14-18,20-22,25H2,1-10H3,(H,63,76)(H,64,75)(H,78,79)/b12-11+,23-19+,28-13-/t27-,29+,31+,32+,36?,41-,49-,50+,54+,61-/m0/s1. The number of aliphatic hydroxyl groups is 2. The molecule has 2 saturated heterocycles. The fraction of sp³-hybridized carbons (Fsp3) is 0.508. The van der Waals surface area contributed by atoms with E-state index in [0.717, 1.165) is 29.7 Å². The minimum absolute atomic E-state index is 0.0292. The number of allylic oxidation sites excluding steroid dienone is 4. The Morgan fingerprint density at radius 3 is 2.17 bits per heavy atom. The van der Waals surface area contributed by atoms with Crippen LogP contribution in [0.15, 0.2) is 64.6 Å². The number of methoxy groups -OCH3 is 1. The number of Topliss-reactive ketones (excluding diaryl/α,β-unsaturated/α-hetero) is 3. The van der Waals surface area contributed by atoms with E-state index in [-0.39, 0.29) is 78.1 Å². The summed E-state index contributed by atoms with van der Waals surface area (Å²) in [6, 6.07) is 0.956. The highest BCUT2D eigenvalue weighted by molar-refractivity contribution is 6.32. The number of carboxylic acid groups (broad SMARTS) is 1. The molecule has 0 spiro atoms. The molecule has 3 aromatic rings.